The van der Waals surface area contributed by atoms with Crippen LogP contribution in [0.2, 0.25) is 0 Å². The fourth-order valence-corrected chi connectivity index (χ4v) is 9.22. The zero-order valence-electron chi connectivity index (χ0n) is 26.9. The molecule has 0 unspecified atom stereocenters. The first kappa shape index (κ1) is 29.3. The van der Waals surface area contributed by atoms with Gasteiger partial charge in [0.1, 0.15) is 0 Å². The number of hydrogen-bond acceptors (Lipinski definition) is 2. The van der Waals surface area contributed by atoms with E-state index in [1.165, 1.54) is 51.4 Å². The Morgan fingerprint density at radius 2 is 1.47 bits per heavy atom. The molecule has 0 spiro atoms. The van der Waals surface area contributed by atoms with E-state index in [2.05, 4.69) is 101 Å². The van der Waals surface area contributed by atoms with Gasteiger partial charge >= 0.3 is 0 Å². The normalized spacial score (nSPS) is 26.7. The van der Waals surface area contributed by atoms with E-state index in [4.69, 9.17) is 6.58 Å². The minimum atomic E-state index is -0.732. The molecular weight excluding hydrogens is 524 g/mol. The lowest BCUT2D eigenvalue weighted by Gasteiger charge is -2.60. The maximum Gasteiger partial charge on any atom is 0.176 e. The van der Waals surface area contributed by atoms with Gasteiger partial charge in [-0.15, -0.1) is 0 Å². The van der Waals surface area contributed by atoms with Crippen LogP contribution in [0.1, 0.15) is 82.2 Å². The highest BCUT2D eigenvalue weighted by Crippen LogP contribution is 2.68. The highest BCUT2D eigenvalue weighted by molar-refractivity contribution is 6.23. The zero-order chi connectivity index (χ0) is 30.9. The average molecular weight is 569 g/mol. The molecule has 0 saturated carbocycles. The molecule has 6 rings (SSSR count). The van der Waals surface area contributed by atoms with E-state index in [1.54, 1.807) is 0 Å². The number of allylic oxidation sites excluding steroid dienone is 5. The van der Waals surface area contributed by atoms with E-state index in [0.29, 0.717) is 5.57 Å². The number of aryl methyl sites for hydroxylation is 3. The molecule has 0 bridgehead atoms. The summed E-state index contributed by atoms with van der Waals surface area (Å²) in [7, 11) is 0. The molecule has 3 aromatic rings. The summed E-state index contributed by atoms with van der Waals surface area (Å²) >= 11 is 0. The Hall–Kier alpha value is -3.78. The highest BCUT2D eigenvalue weighted by atomic mass is 16.1. The van der Waals surface area contributed by atoms with Crippen molar-refractivity contribution < 1.29 is 9.59 Å². The summed E-state index contributed by atoms with van der Waals surface area (Å²) in [6.07, 6.45) is 4.60. The van der Waals surface area contributed by atoms with Crippen LogP contribution in [0, 0.1) is 23.2 Å². The van der Waals surface area contributed by atoms with Gasteiger partial charge in [-0.3, -0.25) is 9.59 Å². The van der Waals surface area contributed by atoms with Crippen molar-refractivity contribution in [2.75, 3.05) is 0 Å². The van der Waals surface area contributed by atoms with E-state index in [0.717, 1.165) is 48.8 Å². The smallest absolute Gasteiger partial charge is 0.176 e. The number of carbonyl (C=O) groups excluding carboxylic acids is 2. The largest absolute Gasteiger partial charge is 0.294 e. The van der Waals surface area contributed by atoms with Gasteiger partial charge < -0.3 is 0 Å². The first-order valence-electron chi connectivity index (χ1n) is 15.7. The molecule has 0 saturated heterocycles. The van der Waals surface area contributed by atoms with Gasteiger partial charge in [0.15, 0.2) is 11.6 Å². The molecule has 0 amide bonds. The predicted octanol–water partition coefficient (Wildman–Crippen LogP) is 9.63. The van der Waals surface area contributed by atoms with Crippen LogP contribution in [-0.4, -0.2) is 11.6 Å². The lowest BCUT2D eigenvalue weighted by Crippen LogP contribution is -2.56. The molecule has 0 radical (unpaired) electrons. The molecule has 2 nitrogen and oxygen atoms in total. The first-order chi connectivity index (χ1) is 20.3. The van der Waals surface area contributed by atoms with Gasteiger partial charge in [-0.1, -0.05) is 98.3 Å². The van der Waals surface area contributed by atoms with Crippen molar-refractivity contribution in [1.82, 2.24) is 0 Å². The number of ketones is 2. The van der Waals surface area contributed by atoms with Crippen LogP contribution in [0.15, 0.2) is 95.6 Å². The van der Waals surface area contributed by atoms with Crippen LogP contribution < -0.4 is 0 Å². The van der Waals surface area contributed by atoms with Gasteiger partial charge in [0.05, 0.1) is 11.0 Å². The second kappa shape index (κ2) is 10.2. The third kappa shape index (κ3) is 4.36. The van der Waals surface area contributed by atoms with Gasteiger partial charge in [0.2, 0.25) is 0 Å². The predicted molar refractivity (Wildman–Crippen MR) is 178 cm³/mol. The molecule has 3 aliphatic rings. The Morgan fingerprint density at radius 3 is 2.09 bits per heavy atom. The molecule has 3 aromatic carbocycles. The zero-order valence-corrected chi connectivity index (χ0v) is 26.9. The maximum atomic E-state index is 14.2. The summed E-state index contributed by atoms with van der Waals surface area (Å²) in [6, 6.07) is 24.3. The van der Waals surface area contributed by atoms with Crippen molar-refractivity contribution >= 4 is 17.1 Å². The number of fused-ring (bicyclic) bond motifs is 3. The Labute approximate surface area is 257 Å². The minimum absolute atomic E-state index is 0.00489. The van der Waals surface area contributed by atoms with Crippen molar-refractivity contribution in [2.45, 2.75) is 80.6 Å². The Balaban J connectivity index is 1.42. The SMILES string of the molecule is C=C1C2=C(C)[C@@]3(C)C(=O)C(C(C)=O)=C(C)C[C@@]3(C)C[C@@]2(C)Cc2c(-c3ccc(CCc4ccccc4)cc3)ccc(C)c21. The molecule has 3 aliphatic carbocycles. The molecule has 0 aromatic heterocycles. The fraction of sp³-hybridized carbons (Fsp3) is 0.366. The molecule has 3 atom stereocenters. The van der Waals surface area contributed by atoms with Crippen LogP contribution in [0.3, 0.4) is 0 Å². The number of rotatable bonds is 5. The molecule has 0 heterocycles. The van der Waals surface area contributed by atoms with Crippen LogP contribution in [0.5, 0.6) is 0 Å². The van der Waals surface area contributed by atoms with Crippen LogP contribution >= 0.6 is 0 Å². The summed E-state index contributed by atoms with van der Waals surface area (Å²) in [5.41, 5.74) is 12.6. The molecule has 43 heavy (non-hydrogen) atoms. The topological polar surface area (TPSA) is 34.1 Å². The summed E-state index contributed by atoms with van der Waals surface area (Å²) in [5, 5.41) is 0. The van der Waals surface area contributed by atoms with Gasteiger partial charge in [-0.05, 0) is 128 Å². The molecule has 0 N–H and O–H groups in total. The minimum Gasteiger partial charge on any atom is -0.294 e. The number of hydrogen-bond donors (Lipinski definition) is 0. The molecule has 220 valence electrons. The van der Waals surface area contributed by atoms with Gasteiger partial charge in [0, 0.05) is 0 Å². The quantitative estimate of drug-likeness (QED) is 0.287. The highest BCUT2D eigenvalue weighted by Gasteiger charge is 2.62. The molecule has 0 fully saturated rings. The van der Waals surface area contributed by atoms with E-state index >= 15 is 0 Å². The lowest BCUT2D eigenvalue weighted by molar-refractivity contribution is -0.134. The van der Waals surface area contributed by atoms with Gasteiger partial charge in [-0.25, -0.2) is 0 Å². The first-order valence-corrected chi connectivity index (χ1v) is 15.7. The van der Waals surface area contributed by atoms with Crippen molar-refractivity contribution in [1.29, 1.82) is 0 Å². The van der Waals surface area contributed by atoms with E-state index < -0.39 is 5.41 Å². The monoisotopic (exact) mass is 568 g/mol. The average Bonchev–Trinajstić information content (AvgIpc) is 2.94. The van der Waals surface area contributed by atoms with Crippen LogP contribution in [-0.2, 0) is 28.9 Å². The second-order valence-corrected chi connectivity index (χ2v) is 14.3. The van der Waals surface area contributed by atoms with E-state index in [-0.39, 0.29) is 22.4 Å². The third-order valence-corrected chi connectivity index (χ3v) is 11.3. The number of Topliss-reactive ketones (excluding diaryl/α,β-unsaturated/α-hetero) is 2. The number of benzene rings is 3. The summed E-state index contributed by atoms with van der Waals surface area (Å²) in [4.78, 5) is 26.8. The standard InChI is InChI=1S/C41H44O2/c1-25-14-21-33(32-19-17-31(18-20-32)16-15-30-12-10-9-11-13-30)34-23-39(6)24-40(7)22-26(2)36(29(5)42)38(43)41(40,8)28(4)37(39)27(3)35(25)34/h9-14,17-21H,3,15-16,22-24H2,1-2,4-8H3/t39-,40+,41+/m1/s1. The molecule has 2 heteroatoms. The maximum absolute atomic E-state index is 14.2. The Bertz CT molecular complexity index is 1750. The summed E-state index contributed by atoms with van der Waals surface area (Å²) in [5.74, 6) is -0.119. The van der Waals surface area contributed by atoms with E-state index in [1.807, 2.05) is 6.92 Å². The molecular formula is C41H44O2. The van der Waals surface area contributed by atoms with E-state index in [9.17, 15) is 9.59 Å². The Kier molecular flexibility index (Phi) is 6.92. The summed E-state index contributed by atoms with van der Waals surface area (Å²) in [6.45, 7) is 19.3. The van der Waals surface area contributed by atoms with Crippen molar-refractivity contribution in [3.8, 4) is 11.1 Å². The van der Waals surface area contributed by atoms with Crippen LogP contribution in [0.25, 0.3) is 16.7 Å². The van der Waals surface area contributed by atoms with Gasteiger partial charge in [-0.2, -0.15) is 0 Å². The van der Waals surface area contributed by atoms with Crippen molar-refractivity contribution in [2.24, 2.45) is 16.2 Å². The molecule has 0 aliphatic heterocycles. The van der Waals surface area contributed by atoms with Crippen molar-refractivity contribution in [3.05, 3.63) is 123 Å². The lowest BCUT2D eigenvalue weighted by atomic mass is 9.42. The Morgan fingerprint density at radius 1 is 0.837 bits per heavy atom. The van der Waals surface area contributed by atoms with Crippen LogP contribution in [0.4, 0.5) is 0 Å². The van der Waals surface area contributed by atoms with Crippen molar-refractivity contribution in [3.63, 3.8) is 0 Å². The second-order valence-electron chi connectivity index (χ2n) is 14.3. The van der Waals surface area contributed by atoms with Gasteiger partial charge in [0.25, 0.3) is 0 Å². The summed E-state index contributed by atoms with van der Waals surface area (Å²) < 4.78 is 0. The number of carbonyl (C=O) groups is 2. The fourth-order valence-electron chi connectivity index (χ4n) is 9.22. The third-order valence-electron chi connectivity index (χ3n) is 11.3.